The Kier molecular flexibility index (Phi) is 5.46. The largest absolute Gasteiger partial charge is 0.337 e. The lowest BCUT2D eigenvalue weighted by atomic mass is 9.90. The zero-order chi connectivity index (χ0) is 18.0. The number of carbonyl (C=O) groups excluding carboxylic acids is 1. The molecule has 1 saturated heterocycles. The minimum absolute atomic E-state index is 0.0116. The monoisotopic (exact) mass is 365 g/mol. The predicted octanol–water partition coefficient (Wildman–Crippen LogP) is 1.52. The molecule has 0 bridgehead atoms. The predicted molar refractivity (Wildman–Crippen MR) is 97.8 cm³/mol. The Bertz CT molecular complexity index is 746. The first-order valence-electron chi connectivity index (χ1n) is 8.98. The molecule has 1 aliphatic heterocycles. The van der Waals surface area contributed by atoms with Gasteiger partial charge in [0.25, 0.3) is 16.1 Å². The fraction of sp³-hybridized carbons (Fsp3) is 0.611. The van der Waals surface area contributed by atoms with E-state index in [1.54, 1.807) is 4.90 Å². The second-order valence-corrected chi connectivity index (χ2v) is 9.17. The van der Waals surface area contributed by atoms with Crippen molar-refractivity contribution in [1.82, 2.24) is 13.5 Å². The zero-order valence-corrected chi connectivity index (χ0v) is 15.9. The Morgan fingerprint density at radius 2 is 1.68 bits per heavy atom. The van der Waals surface area contributed by atoms with Gasteiger partial charge in [0.15, 0.2) is 0 Å². The van der Waals surface area contributed by atoms with Crippen LogP contribution in [0.4, 0.5) is 0 Å². The van der Waals surface area contributed by atoms with Crippen LogP contribution in [0.15, 0.2) is 18.2 Å². The van der Waals surface area contributed by atoms with Gasteiger partial charge in [0, 0.05) is 45.8 Å². The van der Waals surface area contributed by atoms with E-state index in [4.69, 9.17) is 0 Å². The van der Waals surface area contributed by atoms with Crippen molar-refractivity contribution in [3.63, 3.8) is 0 Å². The fourth-order valence-electron chi connectivity index (χ4n) is 3.61. The highest BCUT2D eigenvalue weighted by atomic mass is 32.2. The third-order valence-electron chi connectivity index (χ3n) is 5.13. The molecule has 1 heterocycles. The number of rotatable bonds is 3. The van der Waals surface area contributed by atoms with E-state index in [1.807, 2.05) is 12.1 Å². The number of aryl methyl sites for hydroxylation is 2. The number of carbonyl (C=O) groups is 1. The smallest absolute Gasteiger partial charge is 0.281 e. The van der Waals surface area contributed by atoms with E-state index in [0.717, 1.165) is 18.4 Å². The van der Waals surface area contributed by atoms with Gasteiger partial charge in [-0.05, 0) is 55.4 Å². The Balaban J connectivity index is 1.71. The van der Waals surface area contributed by atoms with Gasteiger partial charge in [0.1, 0.15) is 0 Å². The number of nitrogens with zero attached hydrogens (tertiary/aromatic N) is 3. The molecular weight excluding hydrogens is 338 g/mol. The molecule has 3 rings (SSSR count). The van der Waals surface area contributed by atoms with Crippen molar-refractivity contribution < 1.29 is 13.2 Å². The van der Waals surface area contributed by atoms with Gasteiger partial charge in [-0.2, -0.15) is 17.0 Å². The standard InChI is InChI=1S/C18H27N3O3S/c1-19(2)25(23,24)21-11-5-10-20(12-13-21)18(22)17-9-8-15-6-3-4-7-16(15)14-17/h8-9,14H,3-7,10-13H2,1-2H3. The average Bonchev–Trinajstić information content (AvgIpc) is 2.87. The van der Waals surface area contributed by atoms with Crippen LogP contribution >= 0.6 is 0 Å². The molecule has 0 atom stereocenters. The third-order valence-corrected chi connectivity index (χ3v) is 7.07. The number of hydrogen-bond acceptors (Lipinski definition) is 3. The van der Waals surface area contributed by atoms with E-state index in [-0.39, 0.29) is 5.91 Å². The van der Waals surface area contributed by atoms with E-state index in [9.17, 15) is 13.2 Å². The summed E-state index contributed by atoms with van der Waals surface area (Å²) in [7, 11) is -0.345. The van der Waals surface area contributed by atoms with Crippen LogP contribution in [0.5, 0.6) is 0 Å². The molecular formula is C18H27N3O3S. The zero-order valence-electron chi connectivity index (χ0n) is 15.1. The molecule has 1 amide bonds. The van der Waals surface area contributed by atoms with Crippen molar-refractivity contribution >= 4 is 16.1 Å². The lowest BCUT2D eigenvalue weighted by Crippen LogP contribution is -2.42. The molecule has 0 N–H and O–H groups in total. The summed E-state index contributed by atoms with van der Waals surface area (Å²) in [5, 5.41) is 0. The SMILES string of the molecule is CN(C)S(=O)(=O)N1CCCN(C(=O)c2ccc3c(c2)CCCC3)CC1. The maximum atomic E-state index is 12.9. The van der Waals surface area contributed by atoms with Crippen LogP contribution in [0.3, 0.4) is 0 Å². The lowest BCUT2D eigenvalue weighted by molar-refractivity contribution is 0.0764. The number of fused-ring (bicyclic) bond motifs is 1. The number of benzene rings is 1. The van der Waals surface area contributed by atoms with Crippen molar-refractivity contribution in [2.45, 2.75) is 32.1 Å². The van der Waals surface area contributed by atoms with Crippen LogP contribution < -0.4 is 0 Å². The first-order chi connectivity index (χ1) is 11.9. The Labute approximate surface area is 150 Å². The first kappa shape index (κ1) is 18.4. The van der Waals surface area contributed by atoms with E-state index in [2.05, 4.69) is 6.07 Å². The summed E-state index contributed by atoms with van der Waals surface area (Å²) in [6.45, 7) is 1.82. The van der Waals surface area contributed by atoms with Crippen LogP contribution in [-0.4, -0.2) is 68.1 Å². The normalized spacial score (nSPS) is 19.6. The van der Waals surface area contributed by atoms with Crippen molar-refractivity contribution in [2.75, 3.05) is 40.3 Å². The summed E-state index contributed by atoms with van der Waals surface area (Å²) >= 11 is 0. The maximum Gasteiger partial charge on any atom is 0.281 e. The molecule has 7 heteroatoms. The molecule has 138 valence electrons. The molecule has 0 spiro atoms. The van der Waals surface area contributed by atoms with Crippen LogP contribution in [0.1, 0.15) is 40.7 Å². The van der Waals surface area contributed by atoms with Gasteiger partial charge in [-0.3, -0.25) is 4.79 Å². The molecule has 25 heavy (non-hydrogen) atoms. The van der Waals surface area contributed by atoms with Crippen molar-refractivity contribution in [3.8, 4) is 0 Å². The number of hydrogen-bond donors (Lipinski definition) is 0. The fourth-order valence-corrected chi connectivity index (χ4v) is 4.74. The van der Waals surface area contributed by atoms with Crippen LogP contribution in [-0.2, 0) is 23.1 Å². The van der Waals surface area contributed by atoms with Gasteiger partial charge in [-0.25, -0.2) is 0 Å². The van der Waals surface area contributed by atoms with Gasteiger partial charge in [-0.1, -0.05) is 6.07 Å². The second-order valence-electron chi connectivity index (χ2n) is 7.03. The van der Waals surface area contributed by atoms with Gasteiger partial charge in [0.2, 0.25) is 0 Å². The Hall–Kier alpha value is -1.44. The molecule has 1 aromatic rings. The molecule has 0 radical (unpaired) electrons. The highest BCUT2D eigenvalue weighted by molar-refractivity contribution is 7.86. The summed E-state index contributed by atoms with van der Waals surface area (Å²) in [5.41, 5.74) is 3.38. The van der Waals surface area contributed by atoms with Gasteiger partial charge < -0.3 is 4.90 Å². The summed E-state index contributed by atoms with van der Waals surface area (Å²) in [4.78, 5) is 14.7. The molecule has 0 aromatic heterocycles. The van der Waals surface area contributed by atoms with Crippen molar-refractivity contribution in [2.24, 2.45) is 0 Å². The number of amides is 1. The van der Waals surface area contributed by atoms with Crippen molar-refractivity contribution in [3.05, 3.63) is 34.9 Å². The molecule has 0 saturated carbocycles. The van der Waals surface area contributed by atoms with E-state index in [1.165, 1.54) is 46.7 Å². The van der Waals surface area contributed by atoms with Crippen LogP contribution in [0.25, 0.3) is 0 Å². The molecule has 1 fully saturated rings. The van der Waals surface area contributed by atoms with Gasteiger partial charge >= 0.3 is 0 Å². The van der Waals surface area contributed by atoms with Gasteiger partial charge in [-0.15, -0.1) is 0 Å². The van der Waals surface area contributed by atoms with Crippen LogP contribution in [0, 0.1) is 0 Å². The quantitative estimate of drug-likeness (QED) is 0.816. The van der Waals surface area contributed by atoms with E-state index >= 15 is 0 Å². The summed E-state index contributed by atoms with van der Waals surface area (Å²) < 4.78 is 27.3. The molecule has 0 unspecified atom stereocenters. The highest BCUT2D eigenvalue weighted by Gasteiger charge is 2.28. The van der Waals surface area contributed by atoms with Crippen molar-refractivity contribution in [1.29, 1.82) is 0 Å². The maximum absolute atomic E-state index is 12.9. The molecule has 6 nitrogen and oxygen atoms in total. The van der Waals surface area contributed by atoms with E-state index < -0.39 is 10.2 Å². The first-order valence-corrected chi connectivity index (χ1v) is 10.4. The highest BCUT2D eigenvalue weighted by Crippen LogP contribution is 2.23. The third kappa shape index (κ3) is 3.88. The Morgan fingerprint density at radius 3 is 2.40 bits per heavy atom. The molecule has 1 aliphatic carbocycles. The molecule has 1 aromatic carbocycles. The van der Waals surface area contributed by atoms with Gasteiger partial charge in [0.05, 0.1) is 0 Å². The minimum atomic E-state index is -3.42. The van der Waals surface area contributed by atoms with E-state index in [0.29, 0.717) is 32.6 Å². The van der Waals surface area contributed by atoms with Crippen LogP contribution in [0.2, 0.25) is 0 Å². The summed E-state index contributed by atoms with van der Waals surface area (Å²) in [6.07, 6.45) is 5.22. The minimum Gasteiger partial charge on any atom is -0.337 e. The summed E-state index contributed by atoms with van der Waals surface area (Å²) in [6, 6.07) is 6.05. The Morgan fingerprint density at radius 1 is 0.960 bits per heavy atom. The lowest BCUT2D eigenvalue weighted by Gasteiger charge is -2.24. The molecule has 2 aliphatic rings. The topological polar surface area (TPSA) is 60.9 Å². The average molecular weight is 365 g/mol. The second kappa shape index (κ2) is 7.43. The summed E-state index contributed by atoms with van der Waals surface area (Å²) in [5.74, 6) is 0.0116.